The Morgan fingerprint density at radius 2 is 1.88 bits per heavy atom. The van der Waals surface area contributed by atoms with Gasteiger partial charge in [-0.05, 0) is 13.8 Å². The average molecular weight is 342 g/mol. The summed E-state index contributed by atoms with van der Waals surface area (Å²) in [4.78, 5) is 11.9. The van der Waals surface area contributed by atoms with Crippen LogP contribution in [0.5, 0.6) is 0 Å². The number of ether oxygens (including phenoxy) is 8. The molecule has 0 amide bonds. The predicted octanol–water partition coefficient (Wildman–Crippen LogP) is 0.0496. The molecule has 9 nitrogen and oxygen atoms in total. The van der Waals surface area contributed by atoms with Crippen molar-refractivity contribution in [1.29, 1.82) is 0 Å². The highest BCUT2D eigenvalue weighted by molar-refractivity contribution is 5.62. The second-order valence-electron chi connectivity index (χ2n) is 7.53. The molecule has 6 aliphatic rings. The lowest BCUT2D eigenvalue weighted by molar-refractivity contribution is -0.402. The molecule has 0 aromatic heterocycles. The SMILES string of the molecule is CC1(C)O[C@H]2O[C@@H]3C[C@H]4O[C@@H]5CO[C@H]6[C@@H]5OC(=O)O[C@@]46O[C@@H]3[C@H]2O1. The molecule has 6 aliphatic heterocycles. The summed E-state index contributed by atoms with van der Waals surface area (Å²) in [5.74, 6) is -2.06. The number of carbonyl (C=O) groups excluding carboxylic acids is 1. The van der Waals surface area contributed by atoms with Crippen molar-refractivity contribution in [2.24, 2.45) is 0 Å². The molecule has 1 spiro atoms. The first-order valence-corrected chi connectivity index (χ1v) is 8.31. The highest BCUT2D eigenvalue weighted by Crippen LogP contribution is 2.53. The molecule has 6 heterocycles. The fourth-order valence-corrected chi connectivity index (χ4v) is 4.75. The molecule has 0 radical (unpaired) electrons. The summed E-state index contributed by atoms with van der Waals surface area (Å²) in [6.45, 7) is 4.00. The van der Waals surface area contributed by atoms with E-state index in [9.17, 15) is 4.79 Å². The average Bonchev–Trinajstić information content (AvgIpc) is 3.06. The maximum Gasteiger partial charge on any atom is 0.511 e. The topological polar surface area (TPSA) is 90.9 Å². The molecule has 4 bridgehead atoms. The zero-order chi connectivity index (χ0) is 16.3. The van der Waals surface area contributed by atoms with Gasteiger partial charge in [-0.2, -0.15) is 0 Å². The maximum absolute atomic E-state index is 11.9. The third-order valence-corrected chi connectivity index (χ3v) is 5.62. The van der Waals surface area contributed by atoms with Crippen molar-refractivity contribution in [1.82, 2.24) is 0 Å². The van der Waals surface area contributed by atoms with E-state index >= 15 is 0 Å². The molecule has 9 heteroatoms. The molecule has 0 aromatic rings. The monoisotopic (exact) mass is 342 g/mol. The van der Waals surface area contributed by atoms with Crippen molar-refractivity contribution in [3.8, 4) is 0 Å². The van der Waals surface area contributed by atoms with Gasteiger partial charge in [0.15, 0.2) is 24.3 Å². The Labute approximate surface area is 137 Å². The fraction of sp³-hybridized carbons (Fsp3) is 0.933. The van der Waals surface area contributed by atoms with Gasteiger partial charge < -0.3 is 37.9 Å². The van der Waals surface area contributed by atoms with Crippen molar-refractivity contribution in [2.45, 2.75) is 80.9 Å². The molecule has 6 fully saturated rings. The van der Waals surface area contributed by atoms with Gasteiger partial charge in [0, 0.05) is 6.42 Å². The van der Waals surface area contributed by atoms with Gasteiger partial charge in [-0.1, -0.05) is 0 Å². The summed E-state index contributed by atoms with van der Waals surface area (Å²) in [5, 5.41) is 0. The van der Waals surface area contributed by atoms with Crippen molar-refractivity contribution in [2.75, 3.05) is 6.61 Å². The number of hydrogen-bond donors (Lipinski definition) is 0. The molecule has 0 aromatic carbocycles. The number of hydrogen-bond acceptors (Lipinski definition) is 9. The summed E-state index contributed by atoms with van der Waals surface area (Å²) < 4.78 is 46.5. The largest absolute Gasteiger partial charge is 0.511 e. The van der Waals surface area contributed by atoms with Crippen molar-refractivity contribution >= 4 is 6.16 Å². The minimum Gasteiger partial charge on any atom is -0.425 e. The van der Waals surface area contributed by atoms with Crippen LogP contribution < -0.4 is 0 Å². The third-order valence-electron chi connectivity index (χ3n) is 5.62. The van der Waals surface area contributed by atoms with Crippen LogP contribution in [-0.2, 0) is 37.9 Å². The molecule has 0 unspecified atom stereocenters. The highest BCUT2D eigenvalue weighted by Gasteiger charge is 2.73. The predicted molar refractivity (Wildman–Crippen MR) is 70.7 cm³/mol. The lowest BCUT2D eigenvalue weighted by Gasteiger charge is -2.54. The summed E-state index contributed by atoms with van der Waals surface area (Å²) in [5.41, 5.74) is 0. The zero-order valence-corrected chi connectivity index (χ0v) is 13.2. The first kappa shape index (κ1) is 14.2. The van der Waals surface area contributed by atoms with E-state index in [0.29, 0.717) is 13.0 Å². The second-order valence-corrected chi connectivity index (χ2v) is 7.53. The van der Waals surface area contributed by atoms with Gasteiger partial charge in [-0.25, -0.2) is 4.79 Å². The quantitative estimate of drug-likeness (QED) is 0.566. The molecular formula is C15H18O9. The van der Waals surface area contributed by atoms with E-state index in [4.69, 9.17) is 37.9 Å². The van der Waals surface area contributed by atoms with E-state index in [1.165, 1.54) is 0 Å². The van der Waals surface area contributed by atoms with E-state index in [-0.39, 0.29) is 18.3 Å². The summed E-state index contributed by atoms with van der Waals surface area (Å²) in [6.07, 6.45) is -3.58. The maximum atomic E-state index is 11.9. The van der Waals surface area contributed by atoms with Gasteiger partial charge in [0.2, 0.25) is 0 Å². The van der Waals surface area contributed by atoms with E-state index in [1.54, 1.807) is 0 Å². The van der Waals surface area contributed by atoms with Crippen molar-refractivity contribution < 1.29 is 42.7 Å². The van der Waals surface area contributed by atoms with Crippen molar-refractivity contribution in [3.63, 3.8) is 0 Å². The molecule has 6 saturated heterocycles. The highest BCUT2D eigenvalue weighted by atomic mass is 16.9. The number of rotatable bonds is 0. The van der Waals surface area contributed by atoms with Gasteiger partial charge >= 0.3 is 6.16 Å². The lowest BCUT2D eigenvalue weighted by atomic mass is 9.85. The smallest absolute Gasteiger partial charge is 0.425 e. The molecular weight excluding hydrogens is 324 g/mol. The van der Waals surface area contributed by atoms with Crippen LogP contribution in [0, 0.1) is 0 Å². The molecule has 6 rings (SSSR count). The Bertz CT molecular complexity index is 608. The van der Waals surface area contributed by atoms with Gasteiger partial charge in [0.05, 0.1) is 12.7 Å². The molecule has 0 aliphatic carbocycles. The third kappa shape index (κ3) is 1.63. The van der Waals surface area contributed by atoms with Crippen LogP contribution >= 0.6 is 0 Å². The van der Waals surface area contributed by atoms with Crippen LogP contribution in [0.2, 0.25) is 0 Å². The van der Waals surface area contributed by atoms with E-state index in [2.05, 4.69) is 0 Å². The zero-order valence-electron chi connectivity index (χ0n) is 13.2. The van der Waals surface area contributed by atoms with Crippen LogP contribution in [0.3, 0.4) is 0 Å². The minimum atomic E-state index is -1.32. The molecule has 24 heavy (non-hydrogen) atoms. The Hall–Kier alpha value is -0.970. The standard InChI is InChI=1S/C15H18O9/c1-14(2)21-10-8-5(19-12(10)23-14)3-7-15(22-8)11-9(20-13(16)24-15)6(18-7)4-17-11/h5-12H,3-4H2,1-2H3/t5-,6-,7-,8+,9-,10-,11+,12-,15+/m1/s1. The van der Waals surface area contributed by atoms with Crippen LogP contribution in [0.15, 0.2) is 0 Å². The summed E-state index contributed by atoms with van der Waals surface area (Å²) in [7, 11) is 0. The Morgan fingerprint density at radius 1 is 1.00 bits per heavy atom. The number of carbonyl (C=O) groups is 1. The minimum absolute atomic E-state index is 0.246. The molecule has 132 valence electrons. The van der Waals surface area contributed by atoms with Gasteiger partial charge in [-0.15, -0.1) is 0 Å². The Morgan fingerprint density at radius 3 is 2.75 bits per heavy atom. The van der Waals surface area contributed by atoms with Crippen LogP contribution in [0.1, 0.15) is 20.3 Å². The Kier molecular flexibility index (Phi) is 2.50. The molecule has 0 N–H and O–H groups in total. The first-order chi connectivity index (χ1) is 11.5. The van der Waals surface area contributed by atoms with Crippen LogP contribution in [0.25, 0.3) is 0 Å². The van der Waals surface area contributed by atoms with Crippen molar-refractivity contribution in [3.05, 3.63) is 0 Å². The molecule has 9 atom stereocenters. The molecule has 0 saturated carbocycles. The van der Waals surface area contributed by atoms with E-state index < -0.39 is 48.4 Å². The number of fused-ring (bicyclic) bond motifs is 3. The van der Waals surface area contributed by atoms with Gasteiger partial charge in [0.1, 0.15) is 24.4 Å². The van der Waals surface area contributed by atoms with E-state index in [1.807, 2.05) is 13.8 Å². The lowest BCUT2D eigenvalue weighted by Crippen LogP contribution is -2.73. The fourth-order valence-electron chi connectivity index (χ4n) is 4.75. The second kappa shape index (κ2) is 4.22. The Balaban J connectivity index is 1.37. The van der Waals surface area contributed by atoms with E-state index in [0.717, 1.165) is 0 Å². The first-order valence-electron chi connectivity index (χ1n) is 8.31. The summed E-state index contributed by atoms with van der Waals surface area (Å²) >= 11 is 0. The van der Waals surface area contributed by atoms with Crippen LogP contribution in [0.4, 0.5) is 4.79 Å². The summed E-state index contributed by atoms with van der Waals surface area (Å²) in [6, 6.07) is 0. The van der Waals surface area contributed by atoms with Gasteiger partial charge in [-0.3, -0.25) is 0 Å². The van der Waals surface area contributed by atoms with Crippen LogP contribution in [-0.4, -0.2) is 73.4 Å². The van der Waals surface area contributed by atoms with Gasteiger partial charge in [0.25, 0.3) is 5.79 Å². The normalized spacial score (nSPS) is 59.2.